The van der Waals surface area contributed by atoms with E-state index in [1.54, 1.807) is 24.3 Å². The maximum Gasteiger partial charge on any atom is 0.229 e. The maximum absolute atomic E-state index is 12.5. The van der Waals surface area contributed by atoms with Gasteiger partial charge in [0, 0.05) is 12.1 Å². The molecule has 1 aromatic heterocycles. The molecule has 1 aromatic carbocycles. The molecule has 1 amide bonds. The minimum atomic E-state index is -0.184. The lowest BCUT2D eigenvalue weighted by Crippen LogP contribution is -2.38. The SMILES string of the molecule is CN(Cc1ccco1)C(=O)[C@@H]1COc2ccc(Cl)cc2C1. The van der Waals surface area contributed by atoms with E-state index in [9.17, 15) is 4.79 Å². The predicted molar refractivity (Wildman–Crippen MR) is 79.3 cm³/mol. The van der Waals surface area contributed by atoms with E-state index in [4.69, 9.17) is 20.8 Å². The van der Waals surface area contributed by atoms with E-state index >= 15 is 0 Å². The van der Waals surface area contributed by atoms with Crippen LogP contribution in [0.5, 0.6) is 5.75 Å². The number of hydrogen-bond acceptors (Lipinski definition) is 3. The van der Waals surface area contributed by atoms with Gasteiger partial charge in [0.15, 0.2) is 0 Å². The van der Waals surface area contributed by atoms with Crippen LogP contribution in [-0.2, 0) is 17.8 Å². The zero-order valence-corrected chi connectivity index (χ0v) is 12.5. The molecule has 0 fully saturated rings. The summed E-state index contributed by atoms with van der Waals surface area (Å²) in [7, 11) is 1.78. The van der Waals surface area contributed by atoms with Crippen LogP contribution in [0.3, 0.4) is 0 Å². The van der Waals surface area contributed by atoms with Gasteiger partial charge in [-0.25, -0.2) is 0 Å². The normalized spacial score (nSPS) is 17.0. The zero-order valence-electron chi connectivity index (χ0n) is 11.7. The van der Waals surface area contributed by atoms with Crippen molar-refractivity contribution >= 4 is 17.5 Å². The number of fused-ring (bicyclic) bond motifs is 1. The molecule has 2 aromatic rings. The standard InChI is InChI=1S/C16H16ClNO3/c1-18(9-14-3-2-6-20-14)16(19)12-7-11-8-13(17)4-5-15(11)21-10-12/h2-6,8,12H,7,9-10H2,1H3/t12-/m0/s1. The Labute approximate surface area is 128 Å². The number of hydrogen-bond donors (Lipinski definition) is 0. The third-order valence-electron chi connectivity index (χ3n) is 3.63. The highest BCUT2D eigenvalue weighted by atomic mass is 35.5. The van der Waals surface area contributed by atoms with Crippen LogP contribution in [0.1, 0.15) is 11.3 Å². The molecule has 2 heterocycles. The van der Waals surface area contributed by atoms with Gasteiger partial charge in [0.25, 0.3) is 0 Å². The van der Waals surface area contributed by atoms with Crippen molar-refractivity contribution in [2.24, 2.45) is 5.92 Å². The Kier molecular flexibility index (Phi) is 3.88. The molecule has 0 bridgehead atoms. The number of rotatable bonds is 3. The van der Waals surface area contributed by atoms with Gasteiger partial charge >= 0.3 is 0 Å². The Hall–Kier alpha value is -1.94. The summed E-state index contributed by atoms with van der Waals surface area (Å²) in [5, 5.41) is 0.661. The van der Waals surface area contributed by atoms with Gasteiger partial charge in [0.2, 0.25) is 5.91 Å². The molecule has 21 heavy (non-hydrogen) atoms. The molecule has 0 radical (unpaired) electrons. The summed E-state index contributed by atoms with van der Waals surface area (Å²) in [4.78, 5) is 14.2. The average Bonchev–Trinajstić information content (AvgIpc) is 2.98. The summed E-state index contributed by atoms with van der Waals surface area (Å²) >= 11 is 6.00. The first-order valence-electron chi connectivity index (χ1n) is 6.82. The number of benzene rings is 1. The molecule has 4 nitrogen and oxygen atoms in total. The number of ether oxygens (including phenoxy) is 1. The van der Waals surface area contributed by atoms with E-state index in [0.717, 1.165) is 17.1 Å². The zero-order chi connectivity index (χ0) is 14.8. The van der Waals surface area contributed by atoms with Gasteiger partial charge in [0.1, 0.15) is 18.1 Å². The first kappa shape index (κ1) is 14.0. The van der Waals surface area contributed by atoms with Crippen LogP contribution in [0, 0.1) is 5.92 Å². The molecular weight excluding hydrogens is 290 g/mol. The number of furan rings is 1. The fourth-order valence-corrected chi connectivity index (χ4v) is 2.74. The van der Waals surface area contributed by atoms with Crippen LogP contribution in [0.2, 0.25) is 5.02 Å². The summed E-state index contributed by atoms with van der Waals surface area (Å²) in [6, 6.07) is 9.19. The van der Waals surface area contributed by atoms with Crippen molar-refractivity contribution in [3.63, 3.8) is 0 Å². The Morgan fingerprint density at radius 1 is 1.43 bits per heavy atom. The second-order valence-corrected chi connectivity index (χ2v) is 5.67. The fourth-order valence-electron chi connectivity index (χ4n) is 2.55. The van der Waals surface area contributed by atoms with Gasteiger partial charge in [-0.1, -0.05) is 11.6 Å². The van der Waals surface area contributed by atoms with Crippen molar-refractivity contribution in [1.82, 2.24) is 4.90 Å². The minimum absolute atomic E-state index is 0.0528. The molecular formula is C16H16ClNO3. The van der Waals surface area contributed by atoms with E-state index in [1.165, 1.54) is 0 Å². The van der Waals surface area contributed by atoms with Crippen molar-refractivity contribution in [2.75, 3.05) is 13.7 Å². The molecule has 0 aliphatic carbocycles. The molecule has 5 heteroatoms. The fraction of sp³-hybridized carbons (Fsp3) is 0.312. The number of nitrogens with zero attached hydrogens (tertiary/aromatic N) is 1. The van der Waals surface area contributed by atoms with Crippen LogP contribution in [0.25, 0.3) is 0 Å². The van der Waals surface area contributed by atoms with Gasteiger partial charge in [-0.15, -0.1) is 0 Å². The van der Waals surface area contributed by atoms with Crippen molar-refractivity contribution < 1.29 is 13.9 Å². The summed E-state index contributed by atoms with van der Waals surface area (Å²) in [6.07, 6.45) is 2.26. The van der Waals surface area contributed by atoms with Gasteiger partial charge in [0.05, 0.1) is 18.7 Å². The Bertz CT molecular complexity index is 639. The molecule has 1 atom stereocenters. The summed E-state index contributed by atoms with van der Waals surface area (Å²) < 4.78 is 10.9. The summed E-state index contributed by atoms with van der Waals surface area (Å²) in [5.41, 5.74) is 0.985. The molecule has 0 N–H and O–H groups in total. The van der Waals surface area contributed by atoms with Crippen LogP contribution >= 0.6 is 11.6 Å². The third kappa shape index (κ3) is 3.05. The van der Waals surface area contributed by atoms with Crippen molar-refractivity contribution in [3.8, 4) is 5.75 Å². The van der Waals surface area contributed by atoms with E-state index in [1.807, 2.05) is 24.3 Å². The van der Waals surface area contributed by atoms with Gasteiger partial charge in [-0.05, 0) is 42.3 Å². The first-order valence-corrected chi connectivity index (χ1v) is 7.20. The third-order valence-corrected chi connectivity index (χ3v) is 3.86. The number of carbonyl (C=O) groups excluding carboxylic acids is 1. The van der Waals surface area contributed by atoms with Gasteiger partial charge < -0.3 is 14.1 Å². The number of halogens is 1. The average molecular weight is 306 g/mol. The Balaban J connectivity index is 1.68. The lowest BCUT2D eigenvalue weighted by atomic mass is 9.95. The van der Waals surface area contributed by atoms with E-state index < -0.39 is 0 Å². The maximum atomic E-state index is 12.5. The highest BCUT2D eigenvalue weighted by Gasteiger charge is 2.28. The molecule has 1 aliphatic heterocycles. The number of carbonyl (C=O) groups is 1. The molecule has 0 saturated heterocycles. The second-order valence-electron chi connectivity index (χ2n) is 5.24. The topological polar surface area (TPSA) is 42.7 Å². The van der Waals surface area contributed by atoms with Crippen LogP contribution in [0.15, 0.2) is 41.0 Å². The first-order chi connectivity index (χ1) is 10.1. The number of amides is 1. The molecule has 3 rings (SSSR count). The van der Waals surface area contributed by atoms with E-state index in [2.05, 4.69) is 0 Å². The van der Waals surface area contributed by atoms with Gasteiger partial charge in [-0.2, -0.15) is 0 Å². The van der Waals surface area contributed by atoms with Crippen LogP contribution in [-0.4, -0.2) is 24.5 Å². The minimum Gasteiger partial charge on any atom is -0.492 e. The van der Waals surface area contributed by atoms with E-state index in [-0.39, 0.29) is 11.8 Å². The highest BCUT2D eigenvalue weighted by molar-refractivity contribution is 6.30. The predicted octanol–water partition coefficient (Wildman–Crippen LogP) is 3.14. The second kappa shape index (κ2) is 5.82. The lowest BCUT2D eigenvalue weighted by Gasteiger charge is -2.28. The van der Waals surface area contributed by atoms with Crippen LogP contribution in [0.4, 0.5) is 0 Å². The van der Waals surface area contributed by atoms with Crippen molar-refractivity contribution in [2.45, 2.75) is 13.0 Å². The Morgan fingerprint density at radius 2 is 2.29 bits per heavy atom. The molecule has 0 spiro atoms. The lowest BCUT2D eigenvalue weighted by molar-refractivity contribution is -0.136. The Morgan fingerprint density at radius 3 is 3.05 bits per heavy atom. The quantitative estimate of drug-likeness (QED) is 0.875. The van der Waals surface area contributed by atoms with E-state index in [0.29, 0.717) is 24.6 Å². The summed E-state index contributed by atoms with van der Waals surface area (Å²) in [5.74, 6) is 1.45. The van der Waals surface area contributed by atoms with Crippen LogP contribution < -0.4 is 4.74 Å². The van der Waals surface area contributed by atoms with Crippen molar-refractivity contribution in [3.05, 3.63) is 52.9 Å². The van der Waals surface area contributed by atoms with Gasteiger partial charge in [-0.3, -0.25) is 4.79 Å². The molecule has 0 saturated carbocycles. The monoisotopic (exact) mass is 305 g/mol. The molecule has 110 valence electrons. The molecule has 0 unspecified atom stereocenters. The largest absolute Gasteiger partial charge is 0.492 e. The smallest absolute Gasteiger partial charge is 0.229 e. The molecule has 1 aliphatic rings. The summed E-state index contributed by atoms with van der Waals surface area (Å²) in [6.45, 7) is 0.862. The van der Waals surface area contributed by atoms with Crippen molar-refractivity contribution in [1.29, 1.82) is 0 Å². The highest BCUT2D eigenvalue weighted by Crippen LogP contribution is 2.30.